The fourth-order valence-corrected chi connectivity index (χ4v) is 3.21. The fourth-order valence-electron chi connectivity index (χ4n) is 3.21. The standard InChI is InChI=1S/C18H33NO6/c1-9-23-15(21)14(12(3)20)11(2)13-10-24-18(7,8)19(13)16(22)25-17(4,5)6/h11-14,20H,9-10H2,1-8H3/t11-,12?,13+,14?/m0/s1. The van der Waals surface area contributed by atoms with Gasteiger partial charge in [-0.3, -0.25) is 9.69 Å². The average molecular weight is 359 g/mol. The summed E-state index contributed by atoms with van der Waals surface area (Å²) in [7, 11) is 0. The van der Waals surface area contributed by atoms with E-state index in [9.17, 15) is 14.7 Å². The van der Waals surface area contributed by atoms with Crippen LogP contribution in [-0.2, 0) is 19.0 Å². The number of aliphatic hydroxyl groups excluding tert-OH is 1. The number of carbonyl (C=O) groups is 2. The minimum Gasteiger partial charge on any atom is -0.466 e. The van der Waals surface area contributed by atoms with Crippen LogP contribution in [0.2, 0.25) is 0 Å². The van der Waals surface area contributed by atoms with Crippen LogP contribution in [0.5, 0.6) is 0 Å². The second kappa shape index (κ2) is 7.91. The lowest BCUT2D eigenvalue weighted by atomic mass is 9.83. The van der Waals surface area contributed by atoms with Crippen molar-refractivity contribution in [3.05, 3.63) is 0 Å². The number of esters is 1. The summed E-state index contributed by atoms with van der Waals surface area (Å²) in [5.41, 5.74) is -1.51. The normalized spacial score (nSPS) is 23.7. The molecule has 1 heterocycles. The Labute approximate surface area is 150 Å². The van der Waals surface area contributed by atoms with Crippen molar-refractivity contribution in [1.82, 2.24) is 4.90 Å². The van der Waals surface area contributed by atoms with Crippen LogP contribution in [0.1, 0.15) is 55.4 Å². The molecule has 146 valence electrons. The van der Waals surface area contributed by atoms with E-state index in [-0.39, 0.29) is 19.1 Å². The van der Waals surface area contributed by atoms with Crippen LogP contribution in [0.15, 0.2) is 0 Å². The van der Waals surface area contributed by atoms with Crippen LogP contribution >= 0.6 is 0 Å². The molecule has 1 fully saturated rings. The van der Waals surface area contributed by atoms with Gasteiger partial charge in [-0.2, -0.15) is 0 Å². The predicted octanol–water partition coefficient (Wildman–Crippen LogP) is 2.55. The number of carbonyl (C=O) groups excluding carboxylic acids is 2. The van der Waals surface area contributed by atoms with Crippen molar-refractivity contribution in [3.8, 4) is 0 Å². The molecule has 0 aromatic heterocycles. The van der Waals surface area contributed by atoms with Crippen LogP contribution in [-0.4, -0.2) is 58.8 Å². The summed E-state index contributed by atoms with van der Waals surface area (Å²) in [4.78, 5) is 26.5. The first-order chi connectivity index (χ1) is 11.3. The molecule has 0 saturated carbocycles. The Balaban J connectivity index is 3.10. The Kier molecular flexibility index (Phi) is 6.87. The summed E-state index contributed by atoms with van der Waals surface area (Å²) in [5.74, 6) is -1.60. The van der Waals surface area contributed by atoms with Gasteiger partial charge in [-0.25, -0.2) is 4.79 Å². The third-order valence-corrected chi connectivity index (χ3v) is 4.36. The van der Waals surface area contributed by atoms with Crippen molar-refractivity contribution in [2.75, 3.05) is 13.2 Å². The predicted molar refractivity (Wildman–Crippen MR) is 92.9 cm³/mol. The summed E-state index contributed by atoms with van der Waals surface area (Å²) in [5, 5.41) is 10.1. The van der Waals surface area contributed by atoms with E-state index < -0.39 is 41.5 Å². The monoisotopic (exact) mass is 359 g/mol. The molecule has 25 heavy (non-hydrogen) atoms. The fraction of sp³-hybridized carbons (Fsp3) is 0.889. The smallest absolute Gasteiger partial charge is 0.412 e. The number of ether oxygens (including phenoxy) is 3. The maximum absolute atomic E-state index is 12.7. The van der Waals surface area contributed by atoms with Crippen LogP contribution < -0.4 is 0 Å². The Morgan fingerprint density at radius 1 is 1.32 bits per heavy atom. The van der Waals surface area contributed by atoms with Crippen molar-refractivity contribution in [2.24, 2.45) is 11.8 Å². The molecule has 2 unspecified atom stereocenters. The zero-order chi connectivity index (χ0) is 19.6. The molecule has 0 aromatic carbocycles. The summed E-state index contributed by atoms with van der Waals surface area (Å²) in [6.07, 6.45) is -1.40. The highest BCUT2D eigenvalue weighted by Crippen LogP contribution is 2.36. The Morgan fingerprint density at radius 3 is 2.32 bits per heavy atom. The van der Waals surface area contributed by atoms with Gasteiger partial charge in [-0.05, 0) is 54.4 Å². The molecule has 1 amide bonds. The van der Waals surface area contributed by atoms with Crippen molar-refractivity contribution in [3.63, 3.8) is 0 Å². The Hall–Kier alpha value is -1.34. The summed E-state index contributed by atoms with van der Waals surface area (Å²) in [6.45, 7) is 14.5. The van der Waals surface area contributed by atoms with Gasteiger partial charge in [0.1, 0.15) is 11.3 Å². The lowest BCUT2D eigenvalue weighted by Gasteiger charge is -2.38. The summed E-state index contributed by atoms with van der Waals surface area (Å²) in [6, 6.07) is -0.408. The van der Waals surface area contributed by atoms with E-state index >= 15 is 0 Å². The van der Waals surface area contributed by atoms with E-state index in [2.05, 4.69) is 0 Å². The second-order valence-electron chi connectivity index (χ2n) is 8.05. The van der Waals surface area contributed by atoms with E-state index in [0.717, 1.165) is 0 Å². The minimum absolute atomic E-state index is 0.233. The summed E-state index contributed by atoms with van der Waals surface area (Å²) < 4.78 is 16.4. The third-order valence-electron chi connectivity index (χ3n) is 4.36. The van der Waals surface area contributed by atoms with Gasteiger partial charge in [0.25, 0.3) is 0 Å². The number of nitrogens with zero attached hydrogens (tertiary/aromatic N) is 1. The molecule has 1 aliphatic rings. The SMILES string of the molecule is CCOC(=O)C(C(C)O)[C@@H](C)[C@H]1COC(C)(C)N1C(=O)OC(C)(C)C. The van der Waals surface area contributed by atoms with E-state index in [0.29, 0.717) is 0 Å². The van der Waals surface area contributed by atoms with Gasteiger partial charge in [0.05, 0.1) is 31.3 Å². The van der Waals surface area contributed by atoms with Crippen LogP contribution in [0.4, 0.5) is 4.79 Å². The van der Waals surface area contributed by atoms with E-state index in [1.54, 1.807) is 48.5 Å². The van der Waals surface area contributed by atoms with Gasteiger partial charge in [0.2, 0.25) is 0 Å². The molecule has 0 aliphatic carbocycles. The number of amides is 1. The van der Waals surface area contributed by atoms with Gasteiger partial charge in [0.15, 0.2) is 0 Å². The molecular formula is C18H33NO6. The highest BCUT2D eigenvalue weighted by atomic mass is 16.6. The Morgan fingerprint density at radius 2 is 1.88 bits per heavy atom. The molecule has 7 heteroatoms. The first kappa shape index (κ1) is 21.7. The number of aliphatic hydroxyl groups is 1. The van der Waals surface area contributed by atoms with Crippen molar-refractivity contribution < 1.29 is 28.9 Å². The van der Waals surface area contributed by atoms with Gasteiger partial charge >= 0.3 is 12.1 Å². The molecule has 0 aromatic rings. The highest BCUT2D eigenvalue weighted by molar-refractivity contribution is 5.74. The lowest BCUT2D eigenvalue weighted by Crippen LogP contribution is -2.54. The number of rotatable bonds is 5. The van der Waals surface area contributed by atoms with Crippen LogP contribution in [0, 0.1) is 11.8 Å². The van der Waals surface area contributed by atoms with E-state index in [4.69, 9.17) is 14.2 Å². The molecule has 7 nitrogen and oxygen atoms in total. The van der Waals surface area contributed by atoms with Crippen LogP contribution in [0.25, 0.3) is 0 Å². The van der Waals surface area contributed by atoms with Gasteiger partial charge in [-0.15, -0.1) is 0 Å². The average Bonchev–Trinajstić information content (AvgIpc) is 2.72. The third kappa shape index (κ3) is 5.31. The van der Waals surface area contributed by atoms with Gasteiger partial charge in [0, 0.05) is 0 Å². The second-order valence-corrected chi connectivity index (χ2v) is 8.05. The first-order valence-corrected chi connectivity index (χ1v) is 8.82. The molecular weight excluding hydrogens is 326 g/mol. The lowest BCUT2D eigenvalue weighted by molar-refractivity contribution is -0.155. The maximum Gasteiger partial charge on any atom is 0.412 e. The zero-order valence-electron chi connectivity index (χ0n) is 16.7. The molecule has 1 saturated heterocycles. The van der Waals surface area contributed by atoms with Crippen LogP contribution in [0.3, 0.4) is 0 Å². The molecule has 0 bridgehead atoms. The minimum atomic E-state index is -0.904. The van der Waals surface area contributed by atoms with Gasteiger partial charge < -0.3 is 19.3 Å². The largest absolute Gasteiger partial charge is 0.466 e. The van der Waals surface area contributed by atoms with Gasteiger partial charge in [-0.1, -0.05) is 6.92 Å². The van der Waals surface area contributed by atoms with Crippen molar-refractivity contribution in [1.29, 1.82) is 0 Å². The molecule has 1 aliphatic heterocycles. The zero-order valence-corrected chi connectivity index (χ0v) is 16.7. The summed E-state index contributed by atoms with van der Waals surface area (Å²) >= 11 is 0. The first-order valence-electron chi connectivity index (χ1n) is 8.82. The van der Waals surface area contributed by atoms with Crippen molar-refractivity contribution in [2.45, 2.75) is 78.9 Å². The molecule has 4 atom stereocenters. The van der Waals surface area contributed by atoms with E-state index in [1.807, 2.05) is 6.92 Å². The number of hydrogen-bond donors (Lipinski definition) is 1. The van der Waals surface area contributed by atoms with E-state index in [1.165, 1.54) is 4.90 Å². The number of hydrogen-bond acceptors (Lipinski definition) is 6. The highest BCUT2D eigenvalue weighted by Gasteiger charge is 2.50. The maximum atomic E-state index is 12.7. The molecule has 0 radical (unpaired) electrons. The molecule has 1 rings (SSSR count). The Bertz CT molecular complexity index is 482. The van der Waals surface area contributed by atoms with Crippen molar-refractivity contribution >= 4 is 12.1 Å². The quantitative estimate of drug-likeness (QED) is 0.759. The molecule has 1 N–H and O–H groups in total. The topological polar surface area (TPSA) is 85.3 Å². The molecule has 0 spiro atoms.